The van der Waals surface area contributed by atoms with Crippen LogP contribution in [0.3, 0.4) is 0 Å². The fourth-order valence-electron chi connectivity index (χ4n) is 1.89. The molecule has 0 heterocycles. The van der Waals surface area contributed by atoms with Gasteiger partial charge in [0.25, 0.3) is 0 Å². The Kier molecular flexibility index (Phi) is 5.64. The molecule has 0 atom stereocenters. The van der Waals surface area contributed by atoms with Crippen LogP contribution in [0, 0.1) is 0 Å². The van der Waals surface area contributed by atoms with Gasteiger partial charge in [0.15, 0.2) is 0 Å². The van der Waals surface area contributed by atoms with Crippen molar-refractivity contribution in [2.45, 2.75) is 11.3 Å². The van der Waals surface area contributed by atoms with E-state index in [9.17, 15) is 18.3 Å². The lowest BCUT2D eigenvalue weighted by atomic mass is 10.2. The number of nitrogens with one attached hydrogen (secondary N) is 1. The summed E-state index contributed by atoms with van der Waals surface area (Å²) in [7, 11) is -3.92. The summed E-state index contributed by atoms with van der Waals surface area (Å²) in [5, 5.41) is 11.4. The Balaban J connectivity index is 2.11. The molecule has 0 fully saturated rings. The van der Waals surface area contributed by atoms with Gasteiger partial charge in [-0.3, -0.25) is 0 Å². The second kappa shape index (κ2) is 7.31. The monoisotopic (exact) mass is 372 g/mol. The third kappa shape index (κ3) is 4.68. The summed E-state index contributed by atoms with van der Waals surface area (Å²) in [5.41, 5.74) is 0.652. The number of carbonyl (C=O) groups excluding carboxylic acids is 1. The number of rotatable bonds is 6. The van der Waals surface area contributed by atoms with Crippen molar-refractivity contribution >= 4 is 39.2 Å². The van der Waals surface area contributed by atoms with Crippen molar-refractivity contribution in [2.24, 2.45) is 0 Å². The third-order valence-electron chi connectivity index (χ3n) is 3.08. The second-order valence-electron chi connectivity index (χ2n) is 4.71. The molecule has 2 aromatic carbocycles. The number of benzene rings is 2. The highest BCUT2D eigenvalue weighted by atomic mass is 35.5. The van der Waals surface area contributed by atoms with Gasteiger partial charge in [-0.05, 0) is 41.8 Å². The molecule has 0 aliphatic heterocycles. The predicted molar refractivity (Wildman–Crippen MR) is 86.1 cm³/mol. The highest BCUT2D eigenvalue weighted by molar-refractivity contribution is 7.89. The molecule has 5 nitrogen and oxygen atoms in total. The van der Waals surface area contributed by atoms with E-state index in [1.165, 1.54) is 12.1 Å². The molecule has 0 radical (unpaired) electrons. The Morgan fingerprint density at radius 2 is 1.74 bits per heavy atom. The maximum atomic E-state index is 12.2. The molecule has 2 rings (SSSR count). The topological polar surface area (TPSA) is 86.3 Å². The Morgan fingerprint density at radius 1 is 1.09 bits per heavy atom. The maximum absolute atomic E-state index is 12.2. The standard InChI is InChI=1S/C15H13Cl2NO4S/c16-12-4-1-10(2-5-12)7-8-18-23(21,22)14-9-11(15(19)20)3-6-13(14)17/h1-6,9,18H,7-8H2,(H,19,20)/p-1. The predicted octanol–water partition coefficient (Wildman–Crippen LogP) is 1.88. The molecule has 0 saturated heterocycles. The summed E-state index contributed by atoms with van der Waals surface area (Å²) >= 11 is 11.6. The average Bonchev–Trinajstić information content (AvgIpc) is 2.49. The quantitative estimate of drug-likeness (QED) is 0.838. The van der Waals surface area contributed by atoms with E-state index < -0.39 is 16.0 Å². The van der Waals surface area contributed by atoms with Crippen molar-refractivity contribution in [3.63, 3.8) is 0 Å². The van der Waals surface area contributed by atoms with Crippen LogP contribution in [0.15, 0.2) is 47.4 Å². The maximum Gasteiger partial charge on any atom is 0.242 e. The molecular formula is C15H12Cl2NO4S-. The number of carbonyl (C=O) groups is 1. The Labute approximate surface area is 143 Å². The lowest BCUT2D eigenvalue weighted by molar-refractivity contribution is -0.255. The van der Waals surface area contributed by atoms with Gasteiger partial charge in [0.05, 0.1) is 11.0 Å². The molecule has 0 saturated carbocycles. The molecule has 0 aliphatic carbocycles. The molecule has 0 aliphatic rings. The van der Waals surface area contributed by atoms with Gasteiger partial charge in [-0.25, -0.2) is 13.1 Å². The molecular weight excluding hydrogens is 361 g/mol. The average molecular weight is 373 g/mol. The number of sulfonamides is 1. The van der Waals surface area contributed by atoms with E-state index >= 15 is 0 Å². The smallest absolute Gasteiger partial charge is 0.242 e. The molecule has 1 N–H and O–H groups in total. The summed E-state index contributed by atoms with van der Waals surface area (Å²) in [6.45, 7) is 0.135. The van der Waals surface area contributed by atoms with Crippen LogP contribution in [0.5, 0.6) is 0 Å². The van der Waals surface area contributed by atoms with Gasteiger partial charge in [-0.1, -0.05) is 41.4 Å². The largest absolute Gasteiger partial charge is 0.545 e. The van der Waals surface area contributed by atoms with Crippen LogP contribution in [-0.4, -0.2) is 20.9 Å². The van der Waals surface area contributed by atoms with E-state index in [1.807, 2.05) is 0 Å². The summed E-state index contributed by atoms with van der Waals surface area (Å²) in [5.74, 6) is -1.47. The minimum absolute atomic E-state index is 0.0611. The first-order valence-electron chi connectivity index (χ1n) is 6.54. The zero-order valence-electron chi connectivity index (χ0n) is 11.8. The summed E-state index contributed by atoms with van der Waals surface area (Å²) in [4.78, 5) is 10.5. The lowest BCUT2D eigenvalue weighted by Crippen LogP contribution is -2.27. The minimum atomic E-state index is -3.92. The molecule has 23 heavy (non-hydrogen) atoms. The van der Waals surface area contributed by atoms with Gasteiger partial charge >= 0.3 is 0 Å². The van der Waals surface area contributed by atoms with Crippen LogP contribution in [0.4, 0.5) is 0 Å². The Bertz CT molecular complexity index is 820. The van der Waals surface area contributed by atoms with Crippen LogP contribution < -0.4 is 9.83 Å². The SMILES string of the molecule is O=C([O-])c1ccc(Cl)c(S(=O)(=O)NCCc2ccc(Cl)cc2)c1. The molecule has 0 spiro atoms. The molecule has 0 bridgehead atoms. The number of aromatic carboxylic acids is 1. The fraction of sp³-hybridized carbons (Fsp3) is 0.133. The van der Waals surface area contributed by atoms with E-state index in [1.54, 1.807) is 24.3 Å². The van der Waals surface area contributed by atoms with E-state index in [0.29, 0.717) is 11.4 Å². The molecule has 0 amide bonds. The van der Waals surface area contributed by atoms with Gasteiger partial charge in [0.1, 0.15) is 4.90 Å². The number of hydrogen-bond acceptors (Lipinski definition) is 4. The molecule has 2 aromatic rings. The number of carboxylic acids is 1. The van der Waals surface area contributed by atoms with Crippen LogP contribution in [-0.2, 0) is 16.4 Å². The zero-order chi connectivity index (χ0) is 17.0. The van der Waals surface area contributed by atoms with E-state index in [4.69, 9.17) is 23.2 Å². The van der Waals surface area contributed by atoms with Crippen molar-refractivity contribution in [2.75, 3.05) is 6.54 Å². The first-order chi connectivity index (χ1) is 10.8. The van der Waals surface area contributed by atoms with Gasteiger partial charge in [0, 0.05) is 11.6 Å². The van der Waals surface area contributed by atoms with Crippen LogP contribution >= 0.6 is 23.2 Å². The van der Waals surface area contributed by atoms with Crippen LogP contribution in [0.25, 0.3) is 0 Å². The first kappa shape index (κ1) is 17.7. The second-order valence-corrected chi connectivity index (χ2v) is 7.29. The lowest BCUT2D eigenvalue weighted by Gasteiger charge is -2.11. The van der Waals surface area contributed by atoms with Gasteiger partial charge < -0.3 is 9.90 Å². The van der Waals surface area contributed by atoms with Gasteiger partial charge in [-0.15, -0.1) is 0 Å². The highest BCUT2D eigenvalue weighted by Crippen LogP contribution is 2.22. The minimum Gasteiger partial charge on any atom is -0.545 e. The summed E-state index contributed by atoms with van der Waals surface area (Å²) in [6, 6.07) is 10.4. The first-order valence-corrected chi connectivity index (χ1v) is 8.78. The van der Waals surface area contributed by atoms with Crippen LogP contribution in [0.1, 0.15) is 15.9 Å². The summed E-state index contributed by atoms with van der Waals surface area (Å²) in [6.07, 6.45) is 0.453. The number of halogens is 2. The van der Waals surface area contributed by atoms with E-state index in [0.717, 1.165) is 11.6 Å². The summed E-state index contributed by atoms with van der Waals surface area (Å²) < 4.78 is 26.9. The normalized spacial score (nSPS) is 11.4. The van der Waals surface area contributed by atoms with Crippen molar-refractivity contribution in [3.05, 3.63) is 63.6 Å². The fourth-order valence-corrected chi connectivity index (χ4v) is 3.58. The third-order valence-corrected chi connectivity index (χ3v) is 5.27. The van der Waals surface area contributed by atoms with E-state index in [-0.39, 0.29) is 22.0 Å². The van der Waals surface area contributed by atoms with Gasteiger partial charge in [-0.2, -0.15) is 0 Å². The highest BCUT2D eigenvalue weighted by Gasteiger charge is 2.18. The zero-order valence-corrected chi connectivity index (χ0v) is 14.1. The van der Waals surface area contributed by atoms with Crippen molar-refractivity contribution < 1.29 is 18.3 Å². The van der Waals surface area contributed by atoms with Gasteiger partial charge in [0.2, 0.25) is 10.0 Å². The number of hydrogen-bond donors (Lipinski definition) is 1. The van der Waals surface area contributed by atoms with E-state index in [2.05, 4.69) is 4.72 Å². The van der Waals surface area contributed by atoms with Crippen molar-refractivity contribution in [3.8, 4) is 0 Å². The van der Waals surface area contributed by atoms with Crippen molar-refractivity contribution in [1.29, 1.82) is 0 Å². The van der Waals surface area contributed by atoms with Crippen LogP contribution in [0.2, 0.25) is 10.0 Å². The molecule has 122 valence electrons. The molecule has 0 unspecified atom stereocenters. The number of carboxylic acid groups (broad SMARTS) is 1. The molecule has 8 heteroatoms. The Morgan fingerprint density at radius 3 is 2.35 bits per heavy atom. The molecule has 0 aromatic heterocycles. The Hall–Kier alpha value is -1.60. The van der Waals surface area contributed by atoms with Crippen molar-refractivity contribution in [1.82, 2.24) is 4.72 Å².